The molecular weight excluding hydrogens is 296 g/mol. The van der Waals surface area contributed by atoms with E-state index in [1.807, 2.05) is 5.38 Å². The van der Waals surface area contributed by atoms with Gasteiger partial charge in [0.25, 0.3) is 5.91 Å². The van der Waals surface area contributed by atoms with Gasteiger partial charge in [0.05, 0.1) is 5.56 Å². The average molecular weight is 320 g/mol. The van der Waals surface area contributed by atoms with Crippen molar-refractivity contribution in [2.45, 2.75) is 50.1 Å². The number of hydrogen-bond donors (Lipinski definition) is 2. The summed E-state index contributed by atoms with van der Waals surface area (Å²) in [5, 5.41) is 8.82. The minimum Gasteiger partial charge on any atom is -0.381 e. The summed E-state index contributed by atoms with van der Waals surface area (Å²) in [5.41, 5.74) is 0.833. The fourth-order valence-electron chi connectivity index (χ4n) is 3.15. The van der Waals surface area contributed by atoms with Crippen LogP contribution >= 0.6 is 11.3 Å². The highest BCUT2D eigenvalue weighted by Crippen LogP contribution is 2.44. The van der Waals surface area contributed by atoms with E-state index in [1.165, 1.54) is 30.7 Å². The van der Waals surface area contributed by atoms with Gasteiger partial charge < -0.3 is 15.4 Å². The van der Waals surface area contributed by atoms with Gasteiger partial charge in [-0.3, -0.25) is 4.79 Å². The number of thiophene rings is 1. The Labute approximate surface area is 135 Å². The summed E-state index contributed by atoms with van der Waals surface area (Å²) in [6.45, 7) is 2.70. The molecule has 120 valence electrons. The smallest absolute Gasteiger partial charge is 0.252 e. The molecule has 22 heavy (non-hydrogen) atoms. The number of carbonyl (C=O) groups is 1. The van der Waals surface area contributed by atoms with Gasteiger partial charge in [0.1, 0.15) is 0 Å². The van der Waals surface area contributed by atoms with E-state index in [1.54, 1.807) is 11.3 Å². The van der Waals surface area contributed by atoms with Crippen molar-refractivity contribution >= 4 is 17.2 Å². The number of amides is 1. The van der Waals surface area contributed by atoms with Gasteiger partial charge in [-0.1, -0.05) is 0 Å². The second kappa shape index (κ2) is 6.30. The van der Waals surface area contributed by atoms with Crippen molar-refractivity contribution in [3.8, 4) is 0 Å². The van der Waals surface area contributed by atoms with Gasteiger partial charge in [0.2, 0.25) is 0 Å². The molecule has 1 saturated heterocycles. The Balaban J connectivity index is 1.28. The Morgan fingerprint density at radius 3 is 2.86 bits per heavy atom. The van der Waals surface area contributed by atoms with E-state index in [4.69, 9.17) is 4.74 Å². The zero-order valence-corrected chi connectivity index (χ0v) is 13.7. The Bertz CT molecular complexity index is 535. The third kappa shape index (κ3) is 3.53. The maximum absolute atomic E-state index is 12.3. The summed E-state index contributed by atoms with van der Waals surface area (Å²) in [6, 6.07) is 3.02. The fourth-order valence-corrected chi connectivity index (χ4v) is 4.22. The van der Waals surface area contributed by atoms with Crippen molar-refractivity contribution < 1.29 is 9.53 Å². The van der Waals surface area contributed by atoms with Crippen LogP contribution in [0.2, 0.25) is 0 Å². The summed E-state index contributed by atoms with van der Waals surface area (Å²) in [6.07, 6.45) is 5.89. The molecule has 0 bridgehead atoms. The van der Waals surface area contributed by atoms with Crippen LogP contribution in [-0.4, -0.2) is 37.7 Å². The molecule has 2 heterocycles. The topological polar surface area (TPSA) is 50.4 Å². The lowest BCUT2D eigenvalue weighted by atomic mass is 10.1. The van der Waals surface area contributed by atoms with Gasteiger partial charge in [-0.15, -0.1) is 11.3 Å². The highest BCUT2D eigenvalue weighted by molar-refractivity contribution is 7.10. The van der Waals surface area contributed by atoms with Crippen molar-refractivity contribution in [1.29, 1.82) is 0 Å². The molecule has 2 saturated carbocycles. The van der Waals surface area contributed by atoms with Crippen LogP contribution in [0.15, 0.2) is 11.4 Å². The van der Waals surface area contributed by atoms with Crippen molar-refractivity contribution in [1.82, 2.24) is 10.6 Å². The molecule has 1 unspecified atom stereocenters. The summed E-state index contributed by atoms with van der Waals surface area (Å²) < 4.78 is 5.33. The molecule has 2 aliphatic carbocycles. The van der Waals surface area contributed by atoms with Crippen LogP contribution in [0.25, 0.3) is 0 Å². The van der Waals surface area contributed by atoms with Gasteiger partial charge in [-0.05, 0) is 50.6 Å². The number of carbonyl (C=O) groups excluding carboxylic acids is 1. The molecular formula is C17H24N2O2S. The molecule has 1 aliphatic heterocycles. The van der Waals surface area contributed by atoms with Crippen LogP contribution in [-0.2, 0) is 4.74 Å². The van der Waals surface area contributed by atoms with Gasteiger partial charge in [0, 0.05) is 41.5 Å². The monoisotopic (exact) mass is 320 g/mol. The Kier molecular flexibility index (Phi) is 4.20. The molecule has 0 aromatic carbocycles. The first-order chi connectivity index (χ1) is 10.8. The summed E-state index contributed by atoms with van der Waals surface area (Å²) >= 11 is 1.74. The van der Waals surface area contributed by atoms with Crippen LogP contribution in [0.5, 0.6) is 0 Å². The van der Waals surface area contributed by atoms with E-state index >= 15 is 0 Å². The van der Waals surface area contributed by atoms with Crippen molar-refractivity contribution in [2.24, 2.45) is 5.92 Å². The molecule has 3 fully saturated rings. The first kappa shape index (κ1) is 14.7. The van der Waals surface area contributed by atoms with E-state index in [-0.39, 0.29) is 11.9 Å². The Morgan fingerprint density at radius 2 is 2.09 bits per heavy atom. The first-order valence-corrected chi connectivity index (χ1v) is 9.38. The lowest BCUT2D eigenvalue weighted by Crippen LogP contribution is -2.38. The highest BCUT2D eigenvalue weighted by atomic mass is 32.1. The van der Waals surface area contributed by atoms with Gasteiger partial charge in [0.15, 0.2) is 0 Å². The number of hydrogen-bond acceptors (Lipinski definition) is 4. The third-order valence-electron chi connectivity index (χ3n) is 4.96. The van der Waals surface area contributed by atoms with Gasteiger partial charge in [-0.25, -0.2) is 0 Å². The summed E-state index contributed by atoms with van der Waals surface area (Å²) in [5.74, 6) is 1.65. The molecule has 4 nitrogen and oxygen atoms in total. The maximum Gasteiger partial charge on any atom is 0.252 e. The first-order valence-electron chi connectivity index (χ1n) is 8.50. The van der Waals surface area contributed by atoms with E-state index in [0.29, 0.717) is 12.0 Å². The molecule has 5 heteroatoms. The number of rotatable bonds is 6. The van der Waals surface area contributed by atoms with Crippen LogP contribution in [0.1, 0.15) is 53.3 Å². The Morgan fingerprint density at radius 1 is 1.27 bits per heavy atom. The molecule has 1 aromatic heterocycles. The molecule has 1 aromatic rings. The zero-order chi connectivity index (χ0) is 14.9. The van der Waals surface area contributed by atoms with E-state index < -0.39 is 0 Å². The average Bonchev–Trinajstić information content (AvgIpc) is 3.45. The van der Waals surface area contributed by atoms with E-state index in [2.05, 4.69) is 16.7 Å². The van der Waals surface area contributed by atoms with Crippen LogP contribution in [0.4, 0.5) is 0 Å². The van der Waals surface area contributed by atoms with Gasteiger partial charge >= 0.3 is 0 Å². The van der Waals surface area contributed by atoms with Crippen molar-refractivity contribution in [3.63, 3.8) is 0 Å². The number of ether oxygens (including phenoxy) is 1. The van der Waals surface area contributed by atoms with Crippen molar-refractivity contribution in [3.05, 3.63) is 21.9 Å². The van der Waals surface area contributed by atoms with E-state index in [0.717, 1.165) is 37.5 Å². The molecule has 1 amide bonds. The maximum atomic E-state index is 12.3. The lowest BCUT2D eigenvalue weighted by Gasteiger charge is -2.22. The van der Waals surface area contributed by atoms with E-state index in [9.17, 15) is 4.79 Å². The molecule has 4 rings (SSSR count). The highest BCUT2D eigenvalue weighted by Gasteiger charge is 2.40. The standard InChI is InChI=1S/C17H24N2O2S/c20-17(19-13-3-5-21-6-4-13)12-7-16(22-10-12)14-8-15(14)18-9-11-1-2-11/h7,10-11,13-15,18H,1-6,8-9H2,(H,19,20)/t14-,15?/m1/s1. The molecule has 0 spiro atoms. The second-order valence-corrected chi connectivity index (χ2v) is 7.84. The zero-order valence-electron chi connectivity index (χ0n) is 12.8. The number of nitrogens with one attached hydrogen (secondary N) is 2. The minimum absolute atomic E-state index is 0.0811. The predicted octanol–water partition coefficient (Wildman–Crippen LogP) is 2.51. The molecule has 0 radical (unpaired) electrons. The molecule has 3 aliphatic rings. The summed E-state index contributed by atoms with van der Waals surface area (Å²) in [7, 11) is 0. The lowest BCUT2D eigenvalue weighted by molar-refractivity contribution is 0.0696. The third-order valence-corrected chi connectivity index (χ3v) is 6.02. The quantitative estimate of drug-likeness (QED) is 0.847. The molecule has 2 atom stereocenters. The summed E-state index contributed by atoms with van der Waals surface area (Å²) in [4.78, 5) is 13.7. The SMILES string of the molecule is O=C(NC1CCOCC1)c1csc([C@@H]2CC2NCC2CC2)c1. The Hall–Kier alpha value is -0.910. The normalized spacial score (nSPS) is 28.5. The van der Waals surface area contributed by atoms with Gasteiger partial charge in [-0.2, -0.15) is 0 Å². The largest absolute Gasteiger partial charge is 0.381 e. The minimum atomic E-state index is 0.0811. The molecule has 2 N–H and O–H groups in total. The second-order valence-electron chi connectivity index (χ2n) is 6.90. The van der Waals surface area contributed by atoms with Crippen LogP contribution in [0, 0.1) is 5.92 Å². The van der Waals surface area contributed by atoms with Crippen LogP contribution in [0.3, 0.4) is 0 Å². The predicted molar refractivity (Wildman–Crippen MR) is 87.5 cm³/mol. The van der Waals surface area contributed by atoms with Crippen molar-refractivity contribution in [2.75, 3.05) is 19.8 Å². The van der Waals surface area contributed by atoms with Crippen LogP contribution < -0.4 is 10.6 Å². The fraction of sp³-hybridized carbons (Fsp3) is 0.706.